The van der Waals surface area contributed by atoms with Gasteiger partial charge in [-0.3, -0.25) is 14.4 Å². The van der Waals surface area contributed by atoms with Gasteiger partial charge in [0.2, 0.25) is 17.7 Å². The van der Waals surface area contributed by atoms with Crippen molar-refractivity contribution in [1.29, 1.82) is 0 Å². The zero-order valence-electron chi connectivity index (χ0n) is 21.7. The number of unbranched alkanes of at least 4 members (excludes halogenated alkanes) is 3. The van der Waals surface area contributed by atoms with E-state index in [9.17, 15) is 14.4 Å². The number of carbonyl (C=O) groups is 3. The molecule has 3 N–H and O–H groups in total. The van der Waals surface area contributed by atoms with Gasteiger partial charge in [0.1, 0.15) is 6.04 Å². The first-order valence-corrected chi connectivity index (χ1v) is 15.1. The lowest BCUT2D eigenvalue weighted by Gasteiger charge is -2.35. The maximum absolute atomic E-state index is 14.0. The van der Waals surface area contributed by atoms with E-state index in [4.69, 9.17) is 5.11 Å². The van der Waals surface area contributed by atoms with Crippen LogP contribution in [0.2, 0.25) is 0 Å². The minimum absolute atomic E-state index is 0.0134. The standard InChI is InChI=1S/C29H41N3O4S/c33-18-10-2-1-9-17-32-25(27(35)31-21-13-7-4-8-14-21)29-16-15-22(37-29)23(24(29)28(32)36)26(34)30-19-20-11-5-3-6-12-20/h3,5-6,11-12,21-25,33H,1-2,4,7-10,13-19H2,(H,30,34)(H,31,35)/t22-,23+,24+,25?,29?/m1/s1. The first kappa shape index (κ1) is 26.5. The van der Waals surface area contributed by atoms with Crippen molar-refractivity contribution < 1.29 is 19.5 Å². The molecule has 1 aromatic rings. The van der Waals surface area contributed by atoms with Crippen LogP contribution in [0.5, 0.6) is 0 Å². The van der Waals surface area contributed by atoms with Gasteiger partial charge >= 0.3 is 0 Å². The van der Waals surface area contributed by atoms with Gasteiger partial charge in [-0.05, 0) is 44.1 Å². The molecule has 3 amide bonds. The highest BCUT2D eigenvalue weighted by Gasteiger charge is 2.73. The first-order valence-electron chi connectivity index (χ1n) is 14.3. The van der Waals surface area contributed by atoms with Crippen LogP contribution in [0.4, 0.5) is 0 Å². The van der Waals surface area contributed by atoms with Crippen molar-refractivity contribution in [2.24, 2.45) is 11.8 Å². The van der Waals surface area contributed by atoms with E-state index in [1.165, 1.54) is 6.42 Å². The van der Waals surface area contributed by atoms with Gasteiger partial charge in [0, 0.05) is 31.0 Å². The molecule has 3 saturated heterocycles. The van der Waals surface area contributed by atoms with E-state index in [0.717, 1.165) is 69.8 Å². The molecule has 1 aliphatic carbocycles. The van der Waals surface area contributed by atoms with Crippen LogP contribution >= 0.6 is 11.8 Å². The number of aliphatic hydroxyl groups is 1. The van der Waals surface area contributed by atoms with E-state index in [1.807, 2.05) is 35.2 Å². The molecule has 4 fully saturated rings. The Bertz CT molecular complexity index is 969. The zero-order valence-corrected chi connectivity index (χ0v) is 22.5. The normalized spacial score (nSPS) is 30.9. The van der Waals surface area contributed by atoms with Crippen LogP contribution in [0.25, 0.3) is 0 Å². The quantitative estimate of drug-likeness (QED) is 0.383. The second-order valence-corrected chi connectivity index (χ2v) is 12.9. The molecule has 5 atom stereocenters. The van der Waals surface area contributed by atoms with E-state index in [0.29, 0.717) is 13.1 Å². The van der Waals surface area contributed by atoms with Gasteiger partial charge in [-0.1, -0.05) is 62.4 Å². The summed E-state index contributed by atoms with van der Waals surface area (Å²) >= 11 is 1.74. The summed E-state index contributed by atoms with van der Waals surface area (Å²) in [5.74, 6) is -0.916. The second-order valence-electron chi connectivity index (χ2n) is 11.3. The number of amides is 3. The van der Waals surface area contributed by atoms with Crippen molar-refractivity contribution in [3.63, 3.8) is 0 Å². The Morgan fingerprint density at radius 3 is 2.51 bits per heavy atom. The SMILES string of the molecule is O=C(NC1CCCCC1)C1N(CCCCCCO)C(=O)[C@@H]2[C@@H](C(=O)NCc3ccccc3)[C@H]3CCC12S3. The van der Waals surface area contributed by atoms with Gasteiger partial charge in [-0.25, -0.2) is 0 Å². The number of likely N-dealkylation sites (tertiary alicyclic amines) is 1. The van der Waals surface area contributed by atoms with E-state index in [-0.39, 0.29) is 41.5 Å². The number of hydrogen-bond donors (Lipinski definition) is 3. The number of nitrogens with zero attached hydrogens (tertiary/aromatic N) is 1. The smallest absolute Gasteiger partial charge is 0.244 e. The summed E-state index contributed by atoms with van der Waals surface area (Å²) in [6.07, 6.45) is 10.6. The summed E-state index contributed by atoms with van der Waals surface area (Å²) in [4.78, 5) is 43.2. The number of fused-ring (bicyclic) bond motifs is 1. The van der Waals surface area contributed by atoms with Gasteiger partial charge in [0.25, 0.3) is 0 Å². The summed E-state index contributed by atoms with van der Waals surface area (Å²) in [5, 5.41) is 15.6. The van der Waals surface area contributed by atoms with Crippen LogP contribution < -0.4 is 10.6 Å². The molecule has 7 nitrogen and oxygen atoms in total. The predicted molar refractivity (Wildman–Crippen MR) is 145 cm³/mol. The molecular formula is C29H41N3O4S. The average molecular weight is 528 g/mol. The van der Waals surface area contributed by atoms with Crippen molar-refractivity contribution in [3.05, 3.63) is 35.9 Å². The highest BCUT2D eigenvalue weighted by atomic mass is 32.2. The van der Waals surface area contributed by atoms with Gasteiger partial charge in [0.15, 0.2) is 0 Å². The first-order chi connectivity index (χ1) is 18.0. The van der Waals surface area contributed by atoms with Crippen LogP contribution in [-0.4, -0.2) is 63.0 Å². The minimum Gasteiger partial charge on any atom is -0.396 e. The molecule has 1 aromatic carbocycles. The van der Waals surface area contributed by atoms with Crippen LogP contribution in [0.3, 0.4) is 0 Å². The van der Waals surface area contributed by atoms with Crippen molar-refractivity contribution in [2.75, 3.05) is 13.2 Å². The molecule has 0 aromatic heterocycles. The van der Waals surface area contributed by atoms with Crippen LogP contribution in [-0.2, 0) is 20.9 Å². The van der Waals surface area contributed by atoms with Gasteiger partial charge < -0.3 is 20.6 Å². The largest absolute Gasteiger partial charge is 0.396 e. The van der Waals surface area contributed by atoms with Crippen molar-refractivity contribution in [1.82, 2.24) is 15.5 Å². The molecule has 1 spiro atoms. The monoisotopic (exact) mass is 527 g/mol. The van der Waals surface area contributed by atoms with Crippen LogP contribution in [0, 0.1) is 11.8 Å². The predicted octanol–water partition coefficient (Wildman–Crippen LogP) is 3.40. The Morgan fingerprint density at radius 2 is 1.76 bits per heavy atom. The molecule has 4 aliphatic rings. The molecule has 2 bridgehead atoms. The Morgan fingerprint density at radius 1 is 1.00 bits per heavy atom. The lowest BCUT2D eigenvalue weighted by Crippen LogP contribution is -2.55. The molecular weight excluding hydrogens is 486 g/mol. The van der Waals surface area contributed by atoms with Crippen LogP contribution in [0.1, 0.15) is 76.2 Å². The third-order valence-corrected chi connectivity index (χ3v) is 10.9. The third kappa shape index (κ3) is 5.29. The topological polar surface area (TPSA) is 98.7 Å². The number of nitrogens with one attached hydrogen (secondary N) is 2. The molecule has 202 valence electrons. The number of thioether (sulfide) groups is 1. The fraction of sp³-hybridized carbons (Fsp3) is 0.690. The summed E-state index contributed by atoms with van der Waals surface area (Å²) in [6.45, 7) is 1.16. The molecule has 3 heterocycles. The molecule has 8 heteroatoms. The molecule has 5 rings (SSSR count). The molecule has 37 heavy (non-hydrogen) atoms. The fourth-order valence-corrected chi connectivity index (χ4v) is 9.39. The van der Waals surface area contributed by atoms with Crippen LogP contribution in [0.15, 0.2) is 30.3 Å². The lowest BCUT2D eigenvalue weighted by molar-refractivity contribution is -0.140. The fourth-order valence-electron chi connectivity index (χ4n) is 7.17. The second kappa shape index (κ2) is 11.8. The number of benzene rings is 1. The van der Waals surface area contributed by atoms with Crippen molar-refractivity contribution in [2.45, 2.75) is 99.3 Å². The number of rotatable bonds is 11. The minimum atomic E-state index is -0.514. The lowest BCUT2D eigenvalue weighted by atomic mass is 9.70. The van der Waals surface area contributed by atoms with Crippen molar-refractivity contribution in [3.8, 4) is 0 Å². The Hall–Kier alpha value is -2.06. The maximum Gasteiger partial charge on any atom is 0.244 e. The number of hydrogen-bond acceptors (Lipinski definition) is 5. The van der Waals surface area contributed by atoms with Gasteiger partial charge in [-0.15, -0.1) is 11.8 Å². The average Bonchev–Trinajstić information content (AvgIpc) is 3.56. The maximum atomic E-state index is 14.0. The van der Waals surface area contributed by atoms with E-state index < -0.39 is 16.7 Å². The molecule has 1 saturated carbocycles. The Kier molecular flexibility index (Phi) is 8.44. The summed E-state index contributed by atoms with van der Waals surface area (Å²) in [6, 6.07) is 9.52. The van der Waals surface area contributed by atoms with E-state index in [1.54, 1.807) is 11.8 Å². The molecule has 2 unspecified atom stereocenters. The highest BCUT2D eigenvalue weighted by Crippen LogP contribution is 2.66. The number of carbonyl (C=O) groups excluding carboxylic acids is 3. The summed E-state index contributed by atoms with van der Waals surface area (Å²) in [7, 11) is 0. The molecule has 0 radical (unpaired) electrons. The van der Waals surface area contributed by atoms with Gasteiger partial charge in [0.05, 0.1) is 16.6 Å². The Labute approximate surface area is 224 Å². The molecule has 3 aliphatic heterocycles. The van der Waals surface area contributed by atoms with Crippen molar-refractivity contribution >= 4 is 29.5 Å². The third-order valence-electron chi connectivity index (χ3n) is 8.92. The summed E-state index contributed by atoms with van der Waals surface area (Å²) in [5.41, 5.74) is 1.04. The highest BCUT2D eigenvalue weighted by molar-refractivity contribution is 8.02. The van der Waals surface area contributed by atoms with Gasteiger partial charge in [-0.2, -0.15) is 0 Å². The summed E-state index contributed by atoms with van der Waals surface area (Å²) < 4.78 is -0.514. The zero-order chi connectivity index (χ0) is 25.8. The Balaban J connectivity index is 1.34. The van der Waals surface area contributed by atoms with E-state index >= 15 is 0 Å². The number of aliphatic hydroxyl groups excluding tert-OH is 1. The van der Waals surface area contributed by atoms with E-state index in [2.05, 4.69) is 10.6 Å².